The van der Waals surface area contributed by atoms with E-state index in [2.05, 4.69) is 10.4 Å². The Labute approximate surface area is 157 Å². The Morgan fingerprint density at radius 3 is 2.63 bits per heavy atom. The first-order valence-corrected chi connectivity index (χ1v) is 10.6. The summed E-state index contributed by atoms with van der Waals surface area (Å²) in [4.78, 5) is 25.0. The maximum absolute atomic E-state index is 12.1. The Kier molecular flexibility index (Phi) is 5.82. The zero-order valence-corrected chi connectivity index (χ0v) is 15.8. The van der Waals surface area contributed by atoms with Gasteiger partial charge >= 0.3 is 5.97 Å². The number of rotatable bonds is 10. The van der Waals surface area contributed by atoms with Crippen LogP contribution in [0.5, 0.6) is 0 Å². The molecule has 10 nitrogen and oxygen atoms in total. The van der Waals surface area contributed by atoms with Gasteiger partial charge in [0, 0.05) is 37.8 Å². The fraction of sp³-hybridized carbons (Fsp3) is 0.688. The van der Waals surface area contributed by atoms with Gasteiger partial charge in [-0.25, -0.2) is 13.6 Å². The number of carbonyl (C=O) groups is 2. The van der Waals surface area contributed by atoms with Crippen molar-refractivity contribution in [1.29, 1.82) is 0 Å². The number of carboxylic acid groups (broad SMARTS) is 1. The van der Waals surface area contributed by atoms with Crippen LogP contribution in [0.25, 0.3) is 0 Å². The van der Waals surface area contributed by atoms with E-state index >= 15 is 0 Å². The van der Waals surface area contributed by atoms with Gasteiger partial charge in [0.2, 0.25) is 15.9 Å². The second kappa shape index (κ2) is 7.95. The van der Waals surface area contributed by atoms with Crippen molar-refractivity contribution in [3.63, 3.8) is 0 Å². The number of hydrogen-bond donors (Lipinski definition) is 3. The molecule has 2 saturated carbocycles. The van der Waals surface area contributed by atoms with Crippen molar-refractivity contribution in [2.24, 2.45) is 11.1 Å². The lowest BCUT2D eigenvalue weighted by molar-refractivity contribution is -0.140. The van der Waals surface area contributed by atoms with E-state index < -0.39 is 16.0 Å². The first-order chi connectivity index (χ1) is 12.7. The number of aliphatic carboxylic acids is 1. The Hall–Kier alpha value is -1.98. The molecule has 11 heteroatoms. The molecule has 0 unspecified atom stereocenters. The largest absolute Gasteiger partial charge is 0.480 e. The molecule has 0 saturated heterocycles. The maximum Gasteiger partial charge on any atom is 0.317 e. The van der Waals surface area contributed by atoms with Gasteiger partial charge in [-0.1, -0.05) is 0 Å². The van der Waals surface area contributed by atoms with E-state index in [0.717, 1.165) is 25.6 Å². The Balaban J connectivity index is 1.39. The summed E-state index contributed by atoms with van der Waals surface area (Å²) in [5.41, 5.74) is 0. The van der Waals surface area contributed by atoms with E-state index in [-0.39, 0.29) is 42.4 Å². The number of amides is 1. The maximum atomic E-state index is 12.1. The van der Waals surface area contributed by atoms with Gasteiger partial charge in [0.05, 0.1) is 12.7 Å². The quantitative estimate of drug-likeness (QED) is 0.474. The zero-order valence-electron chi connectivity index (χ0n) is 15.0. The van der Waals surface area contributed by atoms with Crippen molar-refractivity contribution < 1.29 is 23.1 Å². The molecule has 2 aliphatic carbocycles. The minimum Gasteiger partial charge on any atom is -0.480 e. The third kappa shape index (κ3) is 5.75. The van der Waals surface area contributed by atoms with Crippen molar-refractivity contribution in [2.75, 3.05) is 13.1 Å². The smallest absolute Gasteiger partial charge is 0.317 e. The monoisotopic (exact) mass is 399 g/mol. The molecule has 0 aliphatic heterocycles. The average Bonchev–Trinajstić information content (AvgIpc) is 3.19. The lowest BCUT2D eigenvalue weighted by atomic mass is 9.85. The lowest BCUT2D eigenvalue weighted by Crippen LogP contribution is -2.55. The number of sulfonamides is 1. The minimum absolute atomic E-state index is 0.0491. The third-order valence-electron chi connectivity index (χ3n) is 5.03. The van der Waals surface area contributed by atoms with Crippen LogP contribution in [-0.2, 0) is 26.2 Å². The number of nitrogens with two attached hydrogens (primary N) is 1. The summed E-state index contributed by atoms with van der Waals surface area (Å²) in [6.45, 7) is 1.13. The molecule has 1 heterocycles. The van der Waals surface area contributed by atoms with Crippen LogP contribution in [-0.4, -0.2) is 65.3 Å². The van der Waals surface area contributed by atoms with Gasteiger partial charge in [-0.3, -0.25) is 19.2 Å². The molecule has 1 aromatic rings. The zero-order chi connectivity index (χ0) is 19.6. The molecule has 2 aliphatic rings. The molecular weight excluding hydrogens is 374 g/mol. The van der Waals surface area contributed by atoms with Crippen LogP contribution in [0.2, 0.25) is 0 Å². The van der Waals surface area contributed by atoms with Crippen LogP contribution < -0.4 is 10.5 Å². The fourth-order valence-corrected chi connectivity index (χ4v) is 3.74. The number of nitrogens with one attached hydrogen (secondary N) is 1. The molecule has 0 atom stereocenters. The van der Waals surface area contributed by atoms with Crippen molar-refractivity contribution >= 4 is 21.9 Å². The molecule has 4 N–H and O–H groups in total. The van der Waals surface area contributed by atoms with Crippen LogP contribution in [0, 0.1) is 5.92 Å². The van der Waals surface area contributed by atoms with Gasteiger partial charge in [-0.2, -0.15) is 5.10 Å². The molecule has 0 aromatic carbocycles. The summed E-state index contributed by atoms with van der Waals surface area (Å²) in [5.74, 6) is -0.339. The number of nitrogens with zero attached hydrogens (tertiary/aromatic N) is 3. The fourth-order valence-electron chi connectivity index (χ4n) is 3.28. The highest BCUT2D eigenvalue weighted by atomic mass is 32.2. The Bertz CT molecular complexity index is 798. The van der Waals surface area contributed by atoms with E-state index in [4.69, 9.17) is 10.2 Å². The van der Waals surface area contributed by atoms with Crippen molar-refractivity contribution in [2.45, 2.75) is 55.6 Å². The average molecular weight is 399 g/mol. The van der Waals surface area contributed by atoms with E-state index in [1.165, 1.54) is 23.7 Å². The third-order valence-corrected chi connectivity index (χ3v) is 5.90. The number of hydrogen-bond acceptors (Lipinski definition) is 6. The van der Waals surface area contributed by atoms with E-state index in [0.29, 0.717) is 5.92 Å². The molecule has 0 bridgehead atoms. The van der Waals surface area contributed by atoms with Gasteiger partial charge in [0.15, 0.2) is 0 Å². The standard InChI is InChI=1S/C16H25N5O5S/c17-27(25,26)14-7-18-21(9-14)4-3-15(22)19-12-5-13(6-12)20(10-16(23)24)8-11-1-2-11/h7,9,11-13H,1-6,8,10H2,(H,19,22)(H,23,24)(H2,17,25,26). The summed E-state index contributed by atoms with van der Waals surface area (Å²) in [5, 5.41) is 20.9. The number of aryl methyl sites for hydroxylation is 1. The van der Waals surface area contributed by atoms with Gasteiger partial charge in [0.25, 0.3) is 0 Å². The van der Waals surface area contributed by atoms with Gasteiger partial charge in [-0.05, 0) is 31.6 Å². The lowest BCUT2D eigenvalue weighted by Gasteiger charge is -2.42. The molecule has 0 spiro atoms. The van der Waals surface area contributed by atoms with Crippen LogP contribution >= 0.6 is 0 Å². The molecule has 1 aromatic heterocycles. The molecule has 0 radical (unpaired) electrons. The highest BCUT2D eigenvalue weighted by molar-refractivity contribution is 7.89. The molecule has 2 fully saturated rings. The summed E-state index contributed by atoms with van der Waals surface area (Å²) in [6, 6.07) is 0.256. The van der Waals surface area contributed by atoms with E-state index in [9.17, 15) is 18.0 Å². The van der Waals surface area contributed by atoms with Crippen LogP contribution in [0.3, 0.4) is 0 Å². The van der Waals surface area contributed by atoms with E-state index in [1.54, 1.807) is 0 Å². The van der Waals surface area contributed by atoms with Crippen LogP contribution in [0.1, 0.15) is 32.1 Å². The molecular formula is C16H25N5O5S. The Morgan fingerprint density at radius 1 is 1.37 bits per heavy atom. The van der Waals surface area contributed by atoms with E-state index in [1.807, 2.05) is 4.90 Å². The first-order valence-electron chi connectivity index (χ1n) is 9.01. The number of primary sulfonamides is 1. The van der Waals surface area contributed by atoms with Gasteiger partial charge < -0.3 is 10.4 Å². The number of carbonyl (C=O) groups excluding carboxylic acids is 1. The predicted molar refractivity (Wildman–Crippen MR) is 95.1 cm³/mol. The summed E-state index contributed by atoms with van der Waals surface area (Å²) in [7, 11) is -3.79. The second-order valence-corrected chi connectivity index (χ2v) is 8.95. The summed E-state index contributed by atoms with van der Waals surface area (Å²) >= 11 is 0. The first kappa shape index (κ1) is 19.8. The molecule has 1 amide bonds. The molecule has 3 rings (SSSR count). The van der Waals surface area contributed by atoms with Gasteiger partial charge in [0.1, 0.15) is 4.90 Å². The second-order valence-electron chi connectivity index (χ2n) is 7.39. The molecule has 150 valence electrons. The minimum atomic E-state index is -3.79. The summed E-state index contributed by atoms with van der Waals surface area (Å²) in [6.07, 6.45) is 6.47. The predicted octanol–water partition coefficient (Wildman–Crippen LogP) is -0.636. The SMILES string of the molecule is NS(=O)(=O)c1cnn(CCC(=O)NC2CC(N(CC(=O)O)CC3CC3)C2)c1. The summed E-state index contributed by atoms with van der Waals surface area (Å²) < 4.78 is 23.8. The number of carboxylic acids is 1. The number of aromatic nitrogens is 2. The molecule has 27 heavy (non-hydrogen) atoms. The van der Waals surface area contributed by atoms with Crippen molar-refractivity contribution in [3.05, 3.63) is 12.4 Å². The highest BCUT2D eigenvalue weighted by Crippen LogP contribution is 2.33. The Morgan fingerprint density at radius 2 is 2.07 bits per heavy atom. The van der Waals surface area contributed by atoms with Crippen molar-refractivity contribution in [1.82, 2.24) is 20.0 Å². The van der Waals surface area contributed by atoms with Crippen LogP contribution in [0.4, 0.5) is 0 Å². The van der Waals surface area contributed by atoms with Crippen molar-refractivity contribution in [3.8, 4) is 0 Å². The van der Waals surface area contributed by atoms with Gasteiger partial charge in [-0.15, -0.1) is 0 Å². The topological polar surface area (TPSA) is 148 Å². The normalized spacial score (nSPS) is 22.4. The highest BCUT2D eigenvalue weighted by Gasteiger charge is 2.37. The van der Waals surface area contributed by atoms with Crippen LogP contribution in [0.15, 0.2) is 17.3 Å².